The average molecular weight is 239 g/mol. The van der Waals surface area contributed by atoms with Gasteiger partial charge in [0.1, 0.15) is 0 Å². The summed E-state index contributed by atoms with van der Waals surface area (Å²) in [5.74, 6) is -0.0548. The Morgan fingerprint density at radius 2 is 1.81 bits per heavy atom. The number of carbonyl (C=O) groups is 1. The van der Waals surface area contributed by atoms with Crippen molar-refractivity contribution in [2.75, 3.05) is 11.4 Å². The van der Waals surface area contributed by atoms with E-state index >= 15 is 0 Å². The maximum Gasteiger partial charge on any atom is 0.256 e. The van der Waals surface area contributed by atoms with E-state index in [0.29, 0.717) is 11.3 Å². The van der Waals surface area contributed by atoms with Gasteiger partial charge in [-0.15, -0.1) is 0 Å². The van der Waals surface area contributed by atoms with Gasteiger partial charge in [0.25, 0.3) is 10.0 Å². The summed E-state index contributed by atoms with van der Waals surface area (Å²) >= 11 is 0. The molecule has 0 bridgehead atoms. The van der Waals surface area contributed by atoms with Crippen LogP contribution in [0.15, 0.2) is 36.3 Å². The molecule has 5 heteroatoms. The van der Waals surface area contributed by atoms with E-state index in [9.17, 15) is 13.2 Å². The monoisotopic (exact) mass is 239 g/mol. The predicted octanol–water partition coefficient (Wildman–Crippen LogP) is 1.80. The first kappa shape index (κ1) is 12.4. The molecule has 1 rings (SSSR count). The molecule has 0 N–H and O–H groups in total. The lowest BCUT2D eigenvalue weighted by Gasteiger charge is -2.16. The molecule has 0 aliphatic carbocycles. The van der Waals surface area contributed by atoms with Crippen LogP contribution in [0.2, 0.25) is 0 Å². The SMILES string of the molecule is C=CS(=O)(=O)N(C)c1ccc(C(C)=O)cc1. The fourth-order valence-electron chi connectivity index (χ4n) is 1.16. The second-order valence-corrected chi connectivity index (χ2v) is 5.19. The third-order valence-electron chi connectivity index (χ3n) is 2.23. The zero-order valence-electron chi connectivity index (χ0n) is 9.17. The Hall–Kier alpha value is -1.62. The van der Waals surface area contributed by atoms with Crippen molar-refractivity contribution in [2.45, 2.75) is 6.92 Å². The number of nitrogens with zero attached hydrogens (tertiary/aromatic N) is 1. The summed E-state index contributed by atoms with van der Waals surface area (Å²) < 4.78 is 24.0. The zero-order chi connectivity index (χ0) is 12.3. The van der Waals surface area contributed by atoms with Gasteiger partial charge in [-0.05, 0) is 31.2 Å². The smallest absolute Gasteiger partial charge is 0.256 e. The van der Waals surface area contributed by atoms with E-state index in [1.165, 1.54) is 14.0 Å². The maximum absolute atomic E-state index is 11.5. The largest absolute Gasteiger partial charge is 0.295 e. The first-order valence-corrected chi connectivity index (χ1v) is 6.11. The molecule has 0 aromatic heterocycles. The van der Waals surface area contributed by atoms with E-state index < -0.39 is 10.0 Å². The number of benzene rings is 1. The highest BCUT2D eigenvalue weighted by Crippen LogP contribution is 2.17. The van der Waals surface area contributed by atoms with Gasteiger partial charge in [0.15, 0.2) is 5.78 Å². The number of ketones is 1. The summed E-state index contributed by atoms with van der Waals surface area (Å²) in [6.07, 6.45) is 0. The van der Waals surface area contributed by atoms with Gasteiger partial charge in [-0.3, -0.25) is 9.10 Å². The molecule has 0 radical (unpaired) electrons. The van der Waals surface area contributed by atoms with E-state index in [2.05, 4.69) is 6.58 Å². The van der Waals surface area contributed by atoms with Crippen molar-refractivity contribution in [3.05, 3.63) is 41.8 Å². The van der Waals surface area contributed by atoms with Crippen LogP contribution in [0, 0.1) is 0 Å². The normalized spacial score (nSPS) is 10.9. The van der Waals surface area contributed by atoms with Gasteiger partial charge in [-0.25, -0.2) is 8.42 Å². The van der Waals surface area contributed by atoms with Crippen LogP contribution in [0.4, 0.5) is 5.69 Å². The molecule has 0 heterocycles. The van der Waals surface area contributed by atoms with Crippen molar-refractivity contribution < 1.29 is 13.2 Å². The van der Waals surface area contributed by atoms with Crippen LogP contribution < -0.4 is 4.31 Å². The predicted molar refractivity (Wildman–Crippen MR) is 64.0 cm³/mol. The van der Waals surface area contributed by atoms with Crippen molar-refractivity contribution in [3.8, 4) is 0 Å². The first-order valence-electron chi connectivity index (χ1n) is 4.61. The Morgan fingerprint density at radius 3 is 2.19 bits per heavy atom. The molecule has 0 aliphatic heterocycles. The van der Waals surface area contributed by atoms with Crippen LogP contribution >= 0.6 is 0 Å². The van der Waals surface area contributed by atoms with Gasteiger partial charge < -0.3 is 0 Å². The molecule has 86 valence electrons. The highest BCUT2D eigenvalue weighted by Gasteiger charge is 2.13. The molecular formula is C11H13NO3S. The Labute approximate surface area is 95.2 Å². The number of hydrogen-bond acceptors (Lipinski definition) is 3. The lowest BCUT2D eigenvalue weighted by Crippen LogP contribution is -2.23. The highest BCUT2D eigenvalue weighted by molar-refractivity contribution is 7.95. The molecule has 16 heavy (non-hydrogen) atoms. The Bertz CT molecular complexity index is 503. The van der Waals surface area contributed by atoms with Gasteiger partial charge in [0.05, 0.1) is 5.69 Å². The quantitative estimate of drug-likeness (QED) is 0.753. The second kappa shape index (κ2) is 4.49. The third-order valence-corrected chi connectivity index (χ3v) is 3.63. The average Bonchev–Trinajstić information content (AvgIpc) is 2.28. The number of sulfonamides is 1. The number of hydrogen-bond donors (Lipinski definition) is 0. The highest BCUT2D eigenvalue weighted by atomic mass is 32.2. The van der Waals surface area contributed by atoms with Gasteiger partial charge in [0.2, 0.25) is 0 Å². The summed E-state index contributed by atoms with van der Waals surface area (Å²) in [5, 5.41) is 0.881. The number of anilines is 1. The molecule has 0 saturated heterocycles. The van der Waals surface area contributed by atoms with Crippen LogP contribution in [0.5, 0.6) is 0 Å². The molecule has 1 aromatic rings. The molecule has 0 aliphatic rings. The molecule has 0 atom stereocenters. The minimum Gasteiger partial charge on any atom is -0.295 e. The van der Waals surface area contributed by atoms with Crippen molar-refractivity contribution in [2.24, 2.45) is 0 Å². The fourth-order valence-corrected chi connectivity index (χ4v) is 1.80. The minimum absolute atomic E-state index is 0.0548. The molecular weight excluding hydrogens is 226 g/mol. The maximum atomic E-state index is 11.5. The van der Waals surface area contributed by atoms with Gasteiger partial charge in [-0.2, -0.15) is 0 Å². The van der Waals surface area contributed by atoms with Crippen molar-refractivity contribution in [1.82, 2.24) is 0 Å². The van der Waals surface area contributed by atoms with Crippen LogP contribution in [0.1, 0.15) is 17.3 Å². The van der Waals surface area contributed by atoms with Gasteiger partial charge in [-0.1, -0.05) is 6.58 Å². The van der Waals surface area contributed by atoms with E-state index in [-0.39, 0.29) is 5.78 Å². The van der Waals surface area contributed by atoms with Crippen molar-refractivity contribution in [3.63, 3.8) is 0 Å². The minimum atomic E-state index is -3.47. The van der Waals surface area contributed by atoms with E-state index in [4.69, 9.17) is 0 Å². The van der Waals surface area contributed by atoms with Gasteiger partial charge >= 0.3 is 0 Å². The fraction of sp³-hybridized carbons (Fsp3) is 0.182. The molecule has 0 saturated carbocycles. The second-order valence-electron chi connectivity index (χ2n) is 3.28. The number of carbonyl (C=O) groups excluding carboxylic acids is 1. The zero-order valence-corrected chi connectivity index (χ0v) is 9.99. The summed E-state index contributed by atoms with van der Waals surface area (Å²) in [5.41, 5.74) is 1.04. The third kappa shape index (κ3) is 2.49. The van der Waals surface area contributed by atoms with E-state index in [1.54, 1.807) is 24.3 Å². The van der Waals surface area contributed by atoms with Crippen LogP contribution in [0.25, 0.3) is 0 Å². The summed E-state index contributed by atoms with van der Waals surface area (Å²) in [7, 11) is -2.04. The van der Waals surface area contributed by atoms with Gasteiger partial charge in [0, 0.05) is 18.0 Å². The molecule has 4 nitrogen and oxygen atoms in total. The number of Topliss-reactive ketones (excluding diaryl/α,β-unsaturated/α-hetero) is 1. The molecule has 1 aromatic carbocycles. The van der Waals surface area contributed by atoms with E-state index in [0.717, 1.165) is 9.71 Å². The number of rotatable bonds is 4. The first-order chi connectivity index (χ1) is 7.38. The standard InChI is InChI=1S/C11H13NO3S/c1-4-16(14,15)12(3)11-7-5-10(6-8-11)9(2)13/h4-8H,1H2,2-3H3. The van der Waals surface area contributed by atoms with Crippen LogP contribution in [-0.2, 0) is 10.0 Å². The van der Waals surface area contributed by atoms with Crippen LogP contribution in [-0.4, -0.2) is 21.2 Å². The Balaban J connectivity index is 3.08. The summed E-state index contributed by atoms with van der Waals surface area (Å²) in [4.78, 5) is 11.0. The van der Waals surface area contributed by atoms with Crippen molar-refractivity contribution in [1.29, 1.82) is 0 Å². The lowest BCUT2D eigenvalue weighted by molar-refractivity contribution is 0.101. The lowest BCUT2D eigenvalue weighted by atomic mass is 10.1. The topological polar surface area (TPSA) is 54.5 Å². The molecule has 0 amide bonds. The Morgan fingerprint density at radius 1 is 1.31 bits per heavy atom. The molecule has 0 spiro atoms. The summed E-state index contributed by atoms with van der Waals surface area (Å²) in [6, 6.07) is 6.34. The van der Waals surface area contributed by atoms with Crippen LogP contribution in [0.3, 0.4) is 0 Å². The molecule has 0 unspecified atom stereocenters. The molecule has 0 fully saturated rings. The van der Waals surface area contributed by atoms with Crippen molar-refractivity contribution >= 4 is 21.5 Å². The van der Waals surface area contributed by atoms with E-state index in [1.807, 2.05) is 0 Å². The Kier molecular flexibility index (Phi) is 3.49. The summed E-state index contributed by atoms with van der Waals surface area (Å²) in [6.45, 7) is 4.70.